The van der Waals surface area contributed by atoms with Crippen molar-refractivity contribution < 1.29 is 28.6 Å². The maximum Gasteiger partial charge on any atom is 0.410 e. The predicted molar refractivity (Wildman–Crippen MR) is 143 cm³/mol. The van der Waals surface area contributed by atoms with Crippen molar-refractivity contribution in [2.75, 3.05) is 43.5 Å². The summed E-state index contributed by atoms with van der Waals surface area (Å²) in [6.07, 6.45) is 3.06. The molecule has 2 aliphatic heterocycles. The molecule has 0 atom stereocenters. The first-order valence-electron chi connectivity index (χ1n) is 12.6. The summed E-state index contributed by atoms with van der Waals surface area (Å²) >= 11 is 1.31. The fourth-order valence-corrected chi connectivity index (χ4v) is 5.23. The average Bonchev–Trinajstić information content (AvgIpc) is 3.55. The highest BCUT2D eigenvalue weighted by Crippen LogP contribution is 2.32. The Kier molecular flexibility index (Phi) is 8.26. The second-order valence-electron chi connectivity index (χ2n) is 10.3. The lowest BCUT2D eigenvalue weighted by Crippen LogP contribution is -2.44. The standard InChI is InChI=1S/C27H35N3O6S/c1-27(2,3)36-26(33)30-13-9-19(10-14-30)35-23-15-18(29-11-5-6-12-29)7-8-20(23)24(31)28-22-17-37-16-21(22)25(32)34-4/h7-8,15-17,19H,5-6,9-14H2,1-4H3,(H,28,31). The van der Waals surface area contributed by atoms with Crippen LogP contribution in [-0.4, -0.2) is 67.9 Å². The lowest BCUT2D eigenvalue weighted by atomic mass is 10.1. The maximum absolute atomic E-state index is 13.3. The van der Waals surface area contributed by atoms with Crippen LogP contribution >= 0.6 is 11.3 Å². The smallest absolute Gasteiger partial charge is 0.410 e. The normalized spacial score (nSPS) is 16.4. The number of hydrogen-bond acceptors (Lipinski definition) is 8. The molecule has 1 aromatic heterocycles. The molecule has 0 spiro atoms. The van der Waals surface area contributed by atoms with Gasteiger partial charge in [0, 0.05) is 61.5 Å². The summed E-state index contributed by atoms with van der Waals surface area (Å²) in [6, 6.07) is 5.64. The number of likely N-dealkylation sites (tertiary alicyclic amines) is 1. The molecule has 2 saturated heterocycles. The number of rotatable bonds is 6. The molecule has 2 fully saturated rings. The Morgan fingerprint density at radius 1 is 1.00 bits per heavy atom. The SMILES string of the molecule is COC(=O)c1cscc1NC(=O)c1ccc(N2CCCC2)cc1OC1CCN(C(=O)OC(C)(C)C)CC1. The molecule has 2 aromatic rings. The van der Waals surface area contributed by atoms with Gasteiger partial charge in [-0.15, -0.1) is 11.3 Å². The third-order valence-electron chi connectivity index (χ3n) is 6.38. The van der Waals surface area contributed by atoms with Crippen molar-refractivity contribution >= 4 is 40.7 Å². The fraction of sp³-hybridized carbons (Fsp3) is 0.519. The molecular formula is C27H35N3O6S. The van der Waals surface area contributed by atoms with Gasteiger partial charge in [0.05, 0.1) is 23.9 Å². The Hall–Kier alpha value is -3.27. The molecule has 0 radical (unpaired) electrons. The number of piperidine rings is 1. The van der Waals surface area contributed by atoms with E-state index >= 15 is 0 Å². The summed E-state index contributed by atoms with van der Waals surface area (Å²) in [7, 11) is 1.31. The largest absolute Gasteiger partial charge is 0.489 e. The lowest BCUT2D eigenvalue weighted by Gasteiger charge is -2.34. The van der Waals surface area contributed by atoms with Gasteiger partial charge in [0.1, 0.15) is 17.5 Å². The Bertz CT molecular complexity index is 1130. The third kappa shape index (κ3) is 6.74. The molecule has 1 aromatic carbocycles. The highest BCUT2D eigenvalue weighted by atomic mass is 32.1. The van der Waals surface area contributed by atoms with Crippen LogP contribution in [0.5, 0.6) is 5.75 Å². The van der Waals surface area contributed by atoms with E-state index in [0.717, 1.165) is 31.6 Å². The first-order valence-corrected chi connectivity index (χ1v) is 13.6. The van der Waals surface area contributed by atoms with Crippen LogP contribution in [0.4, 0.5) is 16.2 Å². The molecule has 0 bridgehead atoms. The lowest BCUT2D eigenvalue weighted by molar-refractivity contribution is 0.0126. The Morgan fingerprint density at radius 3 is 2.35 bits per heavy atom. The maximum atomic E-state index is 13.3. The minimum Gasteiger partial charge on any atom is -0.489 e. The van der Waals surface area contributed by atoms with Gasteiger partial charge in [0.15, 0.2) is 0 Å². The van der Waals surface area contributed by atoms with Gasteiger partial charge < -0.3 is 29.3 Å². The van der Waals surface area contributed by atoms with E-state index in [0.29, 0.717) is 48.5 Å². The third-order valence-corrected chi connectivity index (χ3v) is 7.13. The summed E-state index contributed by atoms with van der Waals surface area (Å²) in [6.45, 7) is 8.53. The summed E-state index contributed by atoms with van der Waals surface area (Å²) in [4.78, 5) is 41.8. The van der Waals surface area contributed by atoms with Crippen molar-refractivity contribution in [3.63, 3.8) is 0 Å². The minimum atomic E-state index is -0.543. The zero-order chi connectivity index (χ0) is 26.6. The van der Waals surface area contributed by atoms with Gasteiger partial charge in [-0.1, -0.05) is 0 Å². The summed E-state index contributed by atoms with van der Waals surface area (Å²) < 4.78 is 16.7. The molecule has 9 nitrogen and oxygen atoms in total. The van der Waals surface area contributed by atoms with Gasteiger partial charge in [-0.25, -0.2) is 9.59 Å². The van der Waals surface area contributed by atoms with Crippen LogP contribution in [0.2, 0.25) is 0 Å². The van der Waals surface area contributed by atoms with Crippen molar-refractivity contribution in [2.24, 2.45) is 0 Å². The van der Waals surface area contributed by atoms with Gasteiger partial charge in [-0.05, 0) is 45.7 Å². The number of benzene rings is 1. The molecule has 2 aliphatic rings. The Morgan fingerprint density at radius 2 is 1.70 bits per heavy atom. The van der Waals surface area contributed by atoms with Crippen LogP contribution in [0.15, 0.2) is 29.0 Å². The van der Waals surface area contributed by atoms with Gasteiger partial charge in [-0.3, -0.25) is 4.79 Å². The van der Waals surface area contributed by atoms with Crippen molar-refractivity contribution in [3.05, 3.63) is 40.1 Å². The van der Waals surface area contributed by atoms with Crippen LogP contribution < -0.4 is 15.0 Å². The fourth-order valence-electron chi connectivity index (χ4n) is 4.48. The summed E-state index contributed by atoms with van der Waals surface area (Å²) in [5, 5.41) is 6.19. The molecule has 0 unspecified atom stereocenters. The van der Waals surface area contributed by atoms with E-state index in [2.05, 4.69) is 10.2 Å². The molecule has 4 rings (SSSR count). The molecular weight excluding hydrogens is 494 g/mol. The number of hydrogen-bond donors (Lipinski definition) is 1. The van der Waals surface area contributed by atoms with Gasteiger partial charge in [0.25, 0.3) is 5.91 Å². The number of nitrogens with zero attached hydrogens (tertiary/aromatic N) is 2. The highest BCUT2D eigenvalue weighted by molar-refractivity contribution is 7.08. The highest BCUT2D eigenvalue weighted by Gasteiger charge is 2.29. The minimum absolute atomic E-state index is 0.147. The Balaban J connectivity index is 1.50. The zero-order valence-electron chi connectivity index (χ0n) is 21.9. The number of carbonyl (C=O) groups excluding carboxylic acids is 3. The van der Waals surface area contributed by atoms with Crippen molar-refractivity contribution in [1.82, 2.24) is 4.90 Å². The quantitative estimate of drug-likeness (QED) is 0.516. The number of thiophene rings is 1. The first kappa shape index (κ1) is 26.8. The van der Waals surface area contributed by atoms with E-state index in [1.165, 1.54) is 18.4 Å². The monoisotopic (exact) mass is 529 g/mol. The van der Waals surface area contributed by atoms with Crippen LogP contribution in [0.3, 0.4) is 0 Å². The van der Waals surface area contributed by atoms with E-state index in [-0.39, 0.29) is 18.1 Å². The van der Waals surface area contributed by atoms with Crippen molar-refractivity contribution in [2.45, 2.75) is 58.2 Å². The molecule has 0 aliphatic carbocycles. The molecule has 3 heterocycles. The topological polar surface area (TPSA) is 97.4 Å². The van der Waals surface area contributed by atoms with Gasteiger partial charge in [0.2, 0.25) is 0 Å². The average molecular weight is 530 g/mol. The van der Waals surface area contributed by atoms with Crippen LogP contribution in [0.25, 0.3) is 0 Å². The van der Waals surface area contributed by atoms with Crippen LogP contribution in [-0.2, 0) is 9.47 Å². The molecule has 10 heteroatoms. The number of amides is 2. The van der Waals surface area contributed by atoms with Crippen molar-refractivity contribution in [3.8, 4) is 5.75 Å². The van der Waals surface area contributed by atoms with E-state index in [1.807, 2.05) is 32.9 Å². The molecule has 1 N–H and O–H groups in total. The molecule has 200 valence electrons. The number of nitrogens with one attached hydrogen (secondary N) is 1. The summed E-state index contributed by atoms with van der Waals surface area (Å²) in [5.41, 5.74) is 1.58. The van der Waals surface area contributed by atoms with Gasteiger partial charge in [-0.2, -0.15) is 0 Å². The van der Waals surface area contributed by atoms with E-state index in [1.54, 1.807) is 21.7 Å². The van der Waals surface area contributed by atoms with E-state index in [9.17, 15) is 14.4 Å². The zero-order valence-corrected chi connectivity index (χ0v) is 22.7. The second kappa shape index (κ2) is 11.4. The number of ether oxygens (including phenoxy) is 3. The van der Waals surface area contributed by atoms with Crippen molar-refractivity contribution in [1.29, 1.82) is 0 Å². The van der Waals surface area contributed by atoms with Crippen LogP contribution in [0, 0.1) is 0 Å². The number of anilines is 2. The van der Waals surface area contributed by atoms with E-state index < -0.39 is 11.6 Å². The van der Waals surface area contributed by atoms with Crippen LogP contribution in [0.1, 0.15) is 67.2 Å². The predicted octanol–water partition coefficient (Wildman–Crippen LogP) is 5.17. The second-order valence-corrected chi connectivity index (χ2v) is 11.0. The number of esters is 1. The molecule has 2 amide bonds. The summed E-state index contributed by atoms with van der Waals surface area (Å²) in [5.74, 6) is -0.376. The number of carbonyl (C=O) groups is 3. The first-order chi connectivity index (χ1) is 17.6. The molecule has 0 saturated carbocycles. The van der Waals surface area contributed by atoms with E-state index in [4.69, 9.17) is 14.2 Å². The number of methoxy groups -OCH3 is 1. The van der Waals surface area contributed by atoms with Gasteiger partial charge >= 0.3 is 12.1 Å². The Labute approximate surface area is 221 Å². The molecule has 37 heavy (non-hydrogen) atoms.